The number of piperidine rings is 1. The van der Waals surface area contributed by atoms with E-state index >= 15 is 0 Å². The number of fused-ring (bicyclic) bond motifs is 1. The van der Waals surface area contributed by atoms with Crippen LogP contribution in [0.3, 0.4) is 0 Å². The van der Waals surface area contributed by atoms with Crippen LogP contribution in [0, 0.1) is 17.3 Å². The van der Waals surface area contributed by atoms with E-state index in [2.05, 4.69) is 53.1 Å². The first kappa shape index (κ1) is 32.8. The van der Waals surface area contributed by atoms with Crippen LogP contribution in [-0.4, -0.2) is 116 Å². The Balaban J connectivity index is 1.34. The Kier molecular flexibility index (Phi) is 9.17. The number of aliphatic hydroxyl groups is 1. The van der Waals surface area contributed by atoms with Crippen LogP contribution in [0.4, 0.5) is 4.79 Å². The van der Waals surface area contributed by atoms with Crippen molar-refractivity contribution in [3.05, 3.63) is 65.4 Å². The van der Waals surface area contributed by atoms with Gasteiger partial charge < -0.3 is 24.2 Å². The molecule has 1 aromatic heterocycles. The Labute approximate surface area is 278 Å². The zero-order valence-electron chi connectivity index (χ0n) is 27.8. The van der Waals surface area contributed by atoms with Crippen LogP contribution in [0.2, 0.25) is 0 Å². The normalized spacial score (nSPS) is 32.1. The van der Waals surface area contributed by atoms with Crippen LogP contribution in [0.5, 0.6) is 0 Å². The molecule has 6 rings (SSSR count). The molecule has 2 saturated heterocycles. The molecule has 0 spiro atoms. The van der Waals surface area contributed by atoms with Crippen LogP contribution in [0.25, 0.3) is 0 Å². The highest BCUT2D eigenvalue weighted by Gasteiger charge is 2.51. The number of halogens is 1. The van der Waals surface area contributed by atoms with Gasteiger partial charge in [-0.15, -0.1) is 0 Å². The molecule has 2 fully saturated rings. The number of ether oxygens (including phenoxy) is 1. The Morgan fingerprint density at radius 3 is 2.72 bits per heavy atom. The van der Waals surface area contributed by atoms with Gasteiger partial charge in [-0.3, -0.25) is 14.6 Å². The van der Waals surface area contributed by atoms with E-state index in [1.165, 1.54) is 11.3 Å². The smallest absolute Gasteiger partial charge is 0.411 e. The molecule has 10 nitrogen and oxygen atoms in total. The van der Waals surface area contributed by atoms with Crippen molar-refractivity contribution in [1.29, 1.82) is 0 Å². The van der Waals surface area contributed by atoms with Crippen molar-refractivity contribution in [2.24, 2.45) is 17.3 Å². The molecule has 3 aliphatic heterocycles. The van der Waals surface area contributed by atoms with Crippen molar-refractivity contribution in [3.63, 3.8) is 0 Å². The number of amides is 2. The number of piperazine rings is 1. The third-order valence-corrected chi connectivity index (χ3v) is 10.6. The van der Waals surface area contributed by atoms with Gasteiger partial charge in [-0.2, -0.15) is 0 Å². The van der Waals surface area contributed by atoms with Gasteiger partial charge in [0.05, 0.1) is 18.5 Å². The lowest BCUT2D eigenvalue weighted by Crippen LogP contribution is -2.66. The SMILES string of the molecule is CN1CC=CC2=C1[C@@H](N1CCN(C(=O)OC(C)(C)C)[C@@H](C(=O)N3CC(O)CC(Cn4ccnc4)C3)C1)C1(C)C=CC(Cl)=CC1CC2. The molecule has 11 heteroatoms. The molecule has 4 heterocycles. The summed E-state index contributed by atoms with van der Waals surface area (Å²) in [5.74, 6) is 0.146. The van der Waals surface area contributed by atoms with Crippen molar-refractivity contribution in [3.8, 4) is 0 Å². The number of rotatable bonds is 4. The minimum Gasteiger partial charge on any atom is -0.444 e. The highest BCUT2D eigenvalue weighted by atomic mass is 35.5. The van der Waals surface area contributed by atoms with Crippen molar-refractivity contribution in [1.82, 2.24) is 29.2 Å². The molecule has 1 N–H and O–H groups in total. The van der Waals surface area contributed by atoms with E-state index in [1.54, 1.807) is 22.3 Å². The lowest BCUT2D eigenvalue weighted by atomic mass is 9.67. The summed E-state index contributed by atoms with van der Waals surface area (Å²) in [6.07, 6.45) is 17.8. The Bertz CT molecular complexity index is 1430. The van der Waals surface area contributed by atoms with Crippen molar-refractivity contribution < 1.29 is 19.4 Å². The number of allylic oxidation sites excluding steroid dienone is 5. The lowest BCUT2D eigenvalue weighted by Gasteiger charge is -2.53. The van der Waals surface area contributed by atoms with E-state index in [4.69, 9.17) is 16.3 Å². The molecule has 6 atom stereocenters. The minimum absolute atomic E-state index is 0.0285. The summed E-state index contributed by atoms with van der Waals surface area (Å²) in [6.45, 7) is 11.4. The number of β-amino-alcohol motifs (C(OH)–C–C–N with tert-alkyl or cyclic N) is 1. The van der Waals surface area contributed by atoms with Crippen molar-refractivity contribution in [2.75, 3.05) is 46.3 Å². The number of hydrogen-bond donors (Lipinski definition) is 1. The fourth-order valence-electron chi connectivity index (χ4n) is 8.23. The predicted octanol–water partition coefficient (Wildman–Crippen LogP) is 4.25. The molecule has 1 aromatic rings. The fourth-order valence-corrected chi connectivity index (χ4v) is 8.44. The molecular formula is C35H49ClN6O4. The topological polar surface area (TPSA) is 94.4 Å². The summed E-state index contributed by atoms with van der Waals surface area (Å²) in [6, 6.07) is -0.785. The van der Waals surface area contributed by atoms with Gasteiger partial charge in [0.1, 0.15) is 11.6 Å². The largest absolute Gasteiger partial charge is 0.444 e. The van der Waals surface area contributed by atoms with E-state index in [0.29, 0.717) is 39.1 Å². The molecule has 0 saturated carbocycles. The number of carbonyl (C=O) groups is 2. The van der Waals surface area contributed by atoms with E-state index in [0.717, 1.165) is 24.4 Å². The maximum Gasteiger partial charge on any atom is 0.411 e. The summed E-state index contributed by atoms with van der Waals surface area (Å²) in [5.41, 5.74) is 1.64. The maximum atomic E-state index is 14.6. The van der Waals surface area contributed by atoms with Gasteiger partial charge in [-0.1, -0.05) is 42.8 Å². The average Bonchev–Trinajstić information content (AvgIpc) is 3.46. The molecule has 46 heavy (non-hydrogen) atoms. The predicted molar refractivity (Wildman–Crippen MR) is 178 cm³/mol. The third-order valence-electron chi connectivity index (χ3n) is 10.3. The van der Waals surface area contributed by atoms with Crippen LogP contribution in [-0.2, 0) is 16.1 Å². The van der Waals surface area contributed by atoms with Gasteiger partial charge in [0, 0.05) is 81.4 Å². The summed E-state index contributed by atoms with van der Waals surface area (Å²) in [5, 5.41) is 11.7. The summed E-state index contributed by atoms with van der Waals surface area (Å²) < 4.78 is 7.85. The number of carbonyl (C=O) groups excluding carboxylic acids is 2. The van der Waals surface area contributed by atoms with Crippen molar-refractivity contribution >= 4 is 23.6 Å². The zero-order valence-corrected chi connectivity index (χ0v) is 28.6. The summed E-state index contributed by atoms with van der Waals surface area (Å²) in [4.78, 5) is 40.6. The highest BCUT2D eigenvalue weighted by molar-refractivity contribution is 6.31. The number of imidazole rings is 1. The quantitative estimate of drug-likeness (QED) is 0.520. The molecule has 5 aliphatic rings. The molecule has 0 radical (unpaired) electrons. The first-order chi connectivity index (χ1) is 21.8. The van der Waals surface area contributed by atoms with E-state index in [-0.39, 0.29) is 35.7 Å². The maximum absolute atomic E-state index is 14.6. The second kappa shape index (κ2) is 12.8. The van der Waals surface area contributed by atoms with Crippen LogP contribution in [0.15, 0.2) is 65.4 Å². The fraction of sp³-hybridized carbons (Fsp3) is 0.629. The molecule has 0 aromatic carbocycles. The third kappa shape index (κ3) is 6.66. The van der Waals surface area contributed by atoms with E-state index < -0.39 is 23.8 Å². The van der Waals surface area contributed by atoms with Gasteiger partial charge >= 0.3 is 6.09 Å². The molecule has 2 amide bonds. The highest BCUT2D eigenvalue weighted by Crippen LogP contribution is 2.50. The molecule has 4 unspecified atom stereocenters. The number of aromatic nitrogens is 2. The van der Waals surface area contributed by atoms with Crippen LogP contribution >= 0.6 is 11.6 Å². The van der Waals surface area contributed by atoms with E-state index in [9.17, 15) is 14.7 Å². The number of aliphatic hydroxyl groups excluding tert-OH is 1. The second-order valence-corrected chi connectivity index (χ2v) is 15.4. The van der Waals surface area contributed by atoms with Gasteiger partial charge in [0.25, 0.3) is 0 Å². The monoisotopic (exact) mass is 652 g/mol. The van der Waals surface area contributed by atoms with Crippen LogP contribution in [0.1, 0.15) is 47.0 Å². The Morgan fingerprint density at radius 2 is 1.98 bits per heavy atom. The van der Waals surface area contributed by atoms with Gasteiger partial charge in [-0.05, 0) is 63.5 Å². The first-order valence-electron chi connectivity index (χ1n) is 16.7. The molecular weight excluding hydrogens is 604 g/mol. The number of hydrogen-bond acceptors (Lipinski definition) is 7. The van der Waals surface area contributed by atoms with Crippen molar-refractivity contribution in [2.45, 2.75) is 77.3 Å². The second-order valence-electron chi connectivity index (χ2n) is 14.9. The van der Waals surface area contributed by atoms with Gasteiger partial charge in [0.15, 0.2) is 0 Å². The first-order valence-corrected chi connectivity index (χ1v) is 17.0. The zero-order chi connectivity index (χ0) is 32.8. The Morgan fingerprint density at radius 1 is 1.17 bits per heavy atom. The number of likely N-dealkylation sites (tertiary alicyclic amines) is 1. The number of likely N-dealkylation sites (N-methyl/N-ethyl adjacent to an activating group) is 1. The van der Waals surface area contributed by atoms with Gasteiger partial charge in [-0.25, -0.2) is 9.78 Å². The lowest BCUT2D eigenvalue weighted by molar-refractivity contribution is -0.145. The van der Waals surface area contributed by atoms with Gasteiger partial charge in [0.2, 0.25) is 5.91 Å². The molecule has 0 bridgehead atoms. The summed E-state index contributed by atoms with van der Waals surface area (Å²) >= 11 is 6.58. The van der Waals surface area contributed by atoms with E-state index in [1.807, 2.05) is 37.6 Å². The standard InChI is InChI=1S/C35H49ClN6O4/c1-34(2,3)46-33(45)42-16-15-40(22-29(42)32(44)41-20-24(17-28(43)21-41)19-39-14-12-37-23-39)31-30-25(7-6-13-38(30)5)8-9-26-18-27(36)10-11-35(26,31)4/h6-7,10-12,14,18,23-24,26,28-29,31,43H,8-9,13,15-17,19-22H2,1-5H3/t24?,26?,28?,29-,31-,35?/m1/s1. The molecule has 2 aliphatic carbocycles. The summed E-state index contributed by atoms with van der Waals surface area (Å²) in [7, 11) is 2.15. The average molecular weight is 653 g/mol. The number of nitrogens with zero attached hydrogens (tertiary/aromatic N) is 6. The molecule has 250 valence electrons. The Hall–Kier alpha value is -3.08. The minimum atomic E-state index is -0.756. The van der Waals surface area contributed by atoms with Crippen LogP contribution < -0.4 is 0 Å².